The Balaban J connectivity index is 2.12. The molecular weight excluding hydrogens is 314 g/mol. The molecule has 2 rings (SSSR count). The van der Waals surface area contributed by atoms with Crippen molar-refractivity contribution in [2.24, 2.45) is 0 Å². The third kappa shape index (κ3) is 4.97. The summed E-state index contributed by atoms with van der Waals surface area (Å²) >= 11 is 0. The molecule has 0 unspecified atom stereocenters. The Morgan fingerprint density at radius 1 is 0.957 bits per heavy atom. The van der Waals surface area contributed by atoms with Crippen LogP contribution in [0.15, 0.2) is 47.4 Å². The van der Waals surface area contributed by atoms with Gasteiger partial charge in [-0.3, -0.25) is 4.72 Å². The van der Waals surface area contributed by atoms with E-state index in [9.17, 15) is 8.42 Å². The molecule has 0 saturated carbocycles. The van der Waals surface area contributed by atoms with E-state index >= 15 is 0 Å². The second-order valence-electron chi connectivity index (χ2n) is 5.29. The van der Waals surface area contributed by atoms with Gasteiger partial charge in [-0.05, 0) is 61.4 Å². The summed E-state index contributed by atoms with van der Waals surface area (Å²) in [6.45, 7) is 4.76. The summed E-state index contributed by atoms with van der Waals surface area (Å²) in [5.74, 6) is 0.604. The smallest absolute Gasteiger partial charge is 0.261 e. The second-order valence-corrected chi connectivity index (χ2v) is 6.98. The predicted molar refractivity (Wildman–Crippen MR) is 90.5 cm³/mol. The normalized spacial score (nSPS) is 11.3. The van der Waals surface area contributed by atoms with Crippen LogP contribution in [0.4, 0.5) is 5.69 Å². The van der Waals surface area contributed by atoms with Crippen LogP contribution < -0.4 is 9.46 Å². The number of benzene rings is 2. The zero-order valence-electron chi connectivity index (χ0n) is 13.5. The van der Waals surface area contributed by atoms with Gasteiger partial charge in [-0.1, -0.05) is 6.07 Å². The number of aryl methyl sites for hydroxylation is 2. The summed E-state index contributed by atoms with van der Waals surface area (Å²) in [6, 6.07) is 11.9. The maximum atomic E-state index is 12.4. The SMILES string of the molecule is COCCOc1ccc(S(=O)(=O)Nc2cc(C)cc(C)c2)cc1. The number of rotatable bonds is 7. The third-order valence-electron chi connectivity index (χ3n) is 3.16. The van der Waals surface area contributed by atoms with Gasteiger partial charge < -0.3 is 9.47 Å². The molecule has 0 fully saturated rings. The standard InChI is InChI=1S/C17H21NO4S/c1-13-10-14(2)12-15(11-13)18-23(19,20)17-6-4-16(5-7-17)22-9-8-21-3/h4-7,10-12,18H,8-9H2,1-3H3. The van der Waals surface area contributed by atoms with Crippen LogP contribution in [0.3, 0.4) is 0 Å². The minimum absolute atomic E-state index is 0.191. The Kier molecular flexibility index (Phi) is 5.63. The highest BCUT2D eigenvalue weighted by molar-refractivity contribution is 7.92. The van der Waals surface area contributed by atoms with Crippen molar-refractivity contribution in [2.75, 3.05) is 25.0 Å². The molecule has 2 aromatic carbocycles. The van der Waals surface area contributed by atoms with Crippen LogP contribution in [0.5, 0.6) is 5.75 Å². The van der Waals surface area contributed by atoms with Gasteiger partial charge in [0.2, 0.25) is 0 Å². The van der Waals surface area contributed by atoms with E-state index in [4.69, 9.17) is 9.47 Å². The Morgan fingerprint density at radius 2 is 1.57 bits per heavy atom. The van der Waals surface area contributed by atoms with E-state index in [0.717, 1.165) is 11.1 Å². The lowest BCUT2D eigenvalue weighted by molar-refractivity contribution is 0.146. The maximum Gasteiger partial charge on any atom is 0.261 e. The highest BCUT2D eigenvalue weighted by Crippen LogP contribution is 2.21. The van der Waals surface area contributed by atoms with E-state index in [1.807, 2.05) is 19.9 Å². The average Bonchev–Trinajstić information content (AvgIpc) is 2.46. The number of hydrogen-bond donors (Lipinski definition) is 1. The molecular formula is C17H21NO4S. The number of hydrogen-bond acceptors (Lipinski definition) is 4. The molecule has 0 bridgehead atoms. The van der Waals surface area contributed by atoms with Crippen molar-refractivity contribution in [3.63, 3.8) is 0 Å². The minimum Gasteiger partial charge on any atom is -0.491 e. The molecule has 23 heavy (non-hydrogen) atoms. The van der Waals surface area contributed by atoms with Crippen LogP contribution in [0.1, 0.15) is 11.1 Å². The molecule has 0 saturated heterocycles. The molecule has 0 aliphatic carbocycles. The molecule has 2 aromatic rings. The van der Waals surface area contributed by atoms with Gasteiger partial charge in [-0.2, -0.15) is 0 Å². The first-order chi connectivity index (χ1) is 10.9. The van der Waals surface area contributed by atoms with E-state index in [1.54, 1.807) is 31.4 Å². The summed E-state index contributed by atoms with van der Waals surface area (Å²) < 4.78 is 37.8. The lowest BCUT2D eigenvalue weighted by Crippen LogP contribution is -2.13. The van der Waals surface area contributed by atoms with Gasteiger partial charge in [0.15, 0.2) is 0 Å². The molecule has 0 aliphatic heterocycles. The van der Waals surface area contributed by atoms with Crippen molar-refractivity contribution in [1.29, 1.82) is 0 Å². The molecule has 0 atom stereocenters. The van der Waals surface area contributed by atoms with E-state index < -0.39 is 10.0 Å². The first-order valence-corrected chi connectivity index (χ1v) is 8.72. The molecule has 5 nitrogen and oxygen atoms in total. The van der Waals surface area contributed by atoms with Crippen molar-refractivity contribution >= 4 is 15.7 Å². The summed E-state index contributed by atoms with van der Waals surface area (Å²) in [5, 5.41) is 0. The van der Waals surface area contributed by atoms with Gasteiger partial charge in [0.25, 0.3) is 10.0 Å². The fourth-order valence-corrected chi connectivity index (χ4v) is 3.25. The topological polar surface area (TPSA) is 64.6 Å². The zero-order valence-corrected chi connectivity index (χ0v) is 14.3. The van der Waals surface area contributed by atoms with Crippen LogP contribution in [0.25, 0.3) is 0 Å². The quantitative estimate of drug-likeness (QED) is 0.790. The largest absolute Gasteiger partial charge is 0.491 e. The van der Waals surface area contributed by atoms with Gasteiger partial charge >= 0.3 is 0 Å². The van der Waals surface area contributed by atoms with Crippen LogP contribution >= 0.6 is 0 Å². The summed E-state index contributed by atoms with van der Waals surface area (Å²) in [5.41, 5.74) is 2.57. The van der Waals surface area contributed by atoms with E-state index in [0.29, 0.717) is 24.7 Å². The van der Waals surface area contributed by atoms with E-state index in [-0.39, 0.29) is 4.90 Å². The van der Waals surface area contributed by atoms with Gasteiger partial charge in [-0.25, -0.2) is 8.42 Å². The Hall–Kier alpha value is -2.05. The Bertz CT molecular complexity index is 734. The van der Waals surface area contributed by atoms with Crippen LogP contribution in [-0.2, 0) is 14.8 Å². The van der Waals surface area contributed by atoms with Crippen LogP contribution in [0.2, 0.25) is 0 Å². The van der Waals surface area contributed by atoms with E-state index in [2.05, 4.69) is 4.72 Å². The fraction of sp³-hybridized carbons (Fsp3) is 0.294. The molecule has 0 amide bonds. The van der Waals surface area contributed by atoms with Crippen LogP contribution in [-0.4, -0.2) is 28.7 Å². The lowest BCUT2D eigenvalue weighted by Gasteiger charge is -2.11. The third-order valence-corrected chi connectivity index (χ3v) is 4.56. The van der Waals surface area contributed by atoms with Crippen molar-refractivity contribution in [2.45, 2.75) is 18.7 Å². The Morgan fingerprint density at radius 3 is 2.13 bits per heavy atom. The number of anilines is 1. The number of ether oxygens (including phenoxy) is 2. The molecule has 6 heteroatoms. The number of methoxy groups -OCH3 is 1. The molecule has 0 radical (unpaired) electrons. The molecule has 124 valence electrons. The monoisotopic (exact) mass is 335 g/mol. The van der Waals surface area contributed by atoms with Crippen molar-refractivity contribution in [3.05, 3.63) is 53.6 Å². The van der Waals surface area contributed by atoms with E-state index in [1.165, 1.54) is 12.1 Å². The molecule has 1 N–H and O–H groups in total. The molecule has 0 spiro atoms. The van der Waals surface area contributed by atoms with Crippen molar-refractivity contribution in [1.82, 2.24) is 0 Å². The van der Waals surface area contributed by atoms with Crippen molar-refractivity contribution < 1.29 is 17.9 Å². The fourth-order valence-electron chi connectivity index (χ4n) is 2.21. The summed E-state index contributed by atoms with van der Waals surface area (Å²) in [4.78, 5) is 0.191. The number of sulfonamides is 1. The highest BCUT2D eigenvalue weighted by atomic mass is 32.2. The lowest BCUT2D eigenvalue weighted by atomic mass is 10.1. The van der Waals surface area contributed by atoms with Gasteiger partial charge in [0.05, 0.1) is 11.5 Å². The summed E-state index contributed by atoms with van der Waals surface area (Å²) in [7, 11) is -2.02. The first kappa shape index (κ1) is 17.3. The zero-order chi connectivity index (χ0) is 16.9. The highest BCUT2D eigenvalue weighted by Gasteiger charge is 2.14. The first-order valence-electron chi connectivity index (χ1n) is 7.23. The molecule has 0 aliphatic rings. The van der Waals surface area contributed by atoms with Gasteiger partial charge in [0, 0.05) is 12.8 Å². The average molecular weight is 335 g/mol. The van der Waals surface area contributed by atoms with Crippen molar-refractivity contribution in [3.8, 4) is 5.75 Å². The second kappa shape index (κ2) is 7.48. The maximum absolute atomic E-state index is 12.4. The molecule has 0 aromatic heterocycles. The van der Waals surface area contributed by atoms with Gasteiger partial charge in [-0.15, -0.1) is 0 Å². The predicted octanol–water partition coefficient (Wildman–Crippen LogP) is 3.13. The minimum atomic E-state index is -3.62. The van der Waals surface area contributed by atoms with Crippen LogP contribution in [0, 0.1) is 13.8 Å². The summed E-state index contributed by atoms with van der Waals surface area (Å²) in [6.07, 6.45) is 0. The molecule has 0 heterocycles. The Labute approximate surface area is 137 Å². The number of nitrogens with one attached hydrogen (secondary N) is 1. The van der Waals surface area contributed by atoms with Gasteiger partial charge in [0.1, 0.15) is 12.4 Å².